The summed E-state index contributed by atoms with van der Waals surface area (Å²) < 4.78 is 22.5. The number of rotatable bonds is 3. The van der Waals surface area contributed by atoms with Crippen molar-refractivity contribution >= 4 is 9.84 Å². The van der Waals surface area contributed by atoms with Gasteiger partial charge < -0.3 is 10.4 Å². The molecule has 2 N–H and O–H groups in total. The lowest BCUT2D eigenvalue weighted by molar-refractivity contribution is 0.165. The highest BCUT2D eigenvalue weighted by atomic mass is 32.2. The van der Waals surface area contributed by atoms with Crippen LogP contribution in [0.15, 0.2) is 18.6 Å². The maximum atomic E-state index is 11.2. The van der Waals surface area contributed by atoms with Crippen molar-refractivity contribution in [3.8, 4) is 0 Å². The maximum absolute atomic E-state index is 11.2. The van der Waals surface area contributed by atoms with E-state index in [2.05, 4.69) is 15.3 Å². The number of aliphatic hydroxyl groups excluding tert-OH is 1. The van der Waals surface area contributed by atoms with Crippen LogP contribution in [0, 0.1) is 0 Å². The molecule has 7 heteroatoms. The fourth-order valence-electron chi connectivity index (χ4n) is 1.68. The van der Waals surface area contributed by atoms with E-state index >= 15 is 0 Å². The van der Waals surface area contributed by atoms with Gasteiger partial charge in [-0.25, -0.2) is 8.42 Å². The van der Waals surface area contributed by atoms with Crippen molar-refractivity contribution in [2.45, 2.75) is 18.7 Å². The second-order valence-corrected chi connectivity index (χ2v) is 5.98. The van der Waals surface area contributed by atoms with Crippen LogP contribution < -0.4 is 5.32 Å². The summed E-state index contributed by atoms with van der Waals surface area (Å²) in [5.74, 6) is -0.181. The summed E-state index contributed by atoms with van der Waals surface area (Å²) in [6, 6.07) is -0.410. The lowest BCUT2D eigenvalue weighted by Crippen LogP contribution is -2.38. The second-order valence-electron chi connectivity index (χ2n) is 3.83. The van der Waals surface area contributed by atoms with Gasteiger partial charge in [0.1, 0.15) is 0 Å². The zero-order chi connectivity index (χ0) is 11.6. The summed E-state index contributed by atoms with van der Waals surface area (Å²) in [5.41, 5.74) is 0.721. The largest absolute Gasteiger partial charge is 0.390 e. The zero-order valence-electron chi connectivity index (χ0n) is 8.57. The molecule has 1 aliphatic rings. The van der Waals surface area contributed by atoms with Gasteiger partial charge in [-0.2, -0.15) is 0 Å². The van der Waals surface area contributed by atoms with Crippen molar-refractivity contribution in [1.82, 2.24) is 15.3 Å². The van der Waals surface area contributed by atoms with Crippen LogP contribution in [0.3, 0.4) is 0 Å². The van der Waals surface area contributed by atoms with E-state index in [0.717, 1.165) is 5.69 Å². The van der Waals surface area contributed by atoms with Gasteiger partial charge in [0.15, 0.2) is 9.84 Å². The van der Waals surface area contributed by atoms with Crippen molar-refractivity contribution in [2.24, 2.45) is 0 Å². The number of aliphatic hydroxyl groups is 1. The molecule has 0 radical (unpaired) electrons. The predicted octanol–water partition coefficient (Wildman–Crippen LogP) is -1.28. The van der Waals surface area contributed by atoms with Crippen LogP contribution in [0.1, 0.15) is 5.69 Å². The standard InChI is InChI=1S/C9H13N3O3S/c13-9-6-16(14,15)5-8(9)12-4-7-3-10-1-2-11-7/h1-3,8-9,12-13H,4-6H2/t8-,9-/m1/s1. The van der Waals surface area contributed by atoms with Gasteiger partial charge in [-0.05, 0) is 0 Å². The molecular formula is C9H13N3O3S. The molecule has 0 spiro atoms. The Morgan fingerprint density at radius 3 is 2.81 bits per heavy atom. The Bertz CT molecular complexity index is 448. The normalized spacial score (nSPS) is 28.1. The molecule has 0 aromatic carbocycles. The minimum absolute atomic E-state index is 0.0194. The molecule has 2 heterocycles. The molecule has 0 unspecified atom stereocenters. The van der Waals surface area contributed by atoms with Crippen molar-refractivity contribution in [3.05, 3.63) is 24.3 Å². The number of hydrogen-bond donors (Lipinski definition) is 2. The Balaban J connectivity index is 1.92. The molecule has 2 rings (SSSR count). The van der Waals surface area contributed by atoms with Gasteiger partial charge in [0.25, 0.3) is 0 Å². The predicted molar refractivity (Wildman–Crippen MR) is 57.3 cm³/mol. The fraction of sp³-hybridized carbons (Fsp3) is 0.556. The molecule has 0 aliphatic carbocycles. The van der Waals surface area contributed by atoms with Crippen LogP contribution in [0.25, 0.3) is 0 Å². The van der Waals surface area contributed by atoms with E-state index in [0.29, 0.717) is 6.54 Å². The van der Waals surface area contributed by atoms with Gasteiger partial charge in [-0.1, -0.05) is 0 Å². The number of sulfone groups is 1. The van der Waals surface area contributed by atoms with E-state index in [9.17, 15) is 13.5 Å². The lowest BCUT2D eigenvalue weighted by atomic mass is 10.2. The van der Waals surface area contributed by atoms with Crippen molar-refractivity contribution < 1.29 is 13.5 Å². The molecule has 0 amide bonds. The first kappa shape index (κ1) is 11.4. The Morgan fingerprint density at radius 1 is 1.44 bits per heavy atom. The van der Waals surface area contributed by atoms with E-state index in [1.165, 1.54) is 0 Å². The molecule has 0 bridgehead atoms. The topological polar surface area (TPSA) is 92.2 Å². The van der Waals surface area contributed by atoms with Crippen molar-refractivity contribution in [1.29, 1.82) is 0 Å². The van der Waals surface area contributed by atoms with Gasteiger partial charge in [-0.15, -0.1) is 0 Å². The summed E-state index contributed by atoms with van der Waals surface area (Å²) in [4.78, 5) is 7.94. The average Bonchev–Trinajstić information content (AvgIpc) is 2.50. The van der Waals surface area contributed by atoms with Crippen LogP contribution in [0.5, 0.6) is 0 Å². The van der Waals surface area contributed by atoms with Gasteiger partial charge in [0, 0.05) is 31.2 Å². The third-order valence-corrected chi connectivity index (χ3v) is 4.20. The third kappa shape index (κ3) is 2.75. The highest BCUT2D eigenvalue weighted by molar-refractivity contribution is 7.91. The molecule has 88 valence electrons. The molecule has 16 heavy (non-hydrogen) atoms. The second kappa shape index (κ2) is 4.44. The third-order valence-electron chi connectivity index (χ3n) is 2.48. The van der Waals surface area contributed by atoms with E-state index in [-0.39, 0.29) is 11.5 Å². The van der Waals surface area contributed by atoms with E-state index < -0.39 is 22.0 Å². The smallest absolute Gasteiger partial charge is 0.154 e. The highest BCUT2D eigenvalue weighted by Gasteiger charge is 2.35. The molecular weight excluding hydrogens is 230 g/mol. The van der Waals surface area contributed by atoms with E-state index in [1.54, 1.807) is 18.6 Å². The molecule has 1 aliphatic heterocycles. The Morgan fingerprint density at radius 2 is 2.25 bits per heavy atom. The summed E-state index contributed by atoms with van der Waals surface area (Å²) in [6.07, 6.45) is 3.90. The summed E-state index contributed by atoms with van der Waals surface area (Å²) in [5, 5.41) is 12.5. The molecule has 0 saturated carbocycles. The van der Waals surface area contributed by atoms with Crippen LogP contribution >= 0.6 is 0 Å². The number of aromatic nitrogens is 2. The first-order chi connectivity index (χ1) is 7.57. The van der Waals surface area contributed by atoms with Gasteiger partial charge in [0.05, 0.1) is 23.3 Å². The van der Waals surface area contributed by atoms with Crippen molar-refractivity contribution in [2.75, 3.05) is 11.5 Å². The van der Waals surface area contributed by atoms with E-state index in [4.69, 9.17) is 0 Å². The average molecular weight is 243 g/mol. The van der Waals surface area contributed by atoms with Crippen LogP contribution in [-0.2, 0) is 16.4 Å². The monoisotopic (exact) mass is 243 g/mol. The quantitative estimate of drug-likeness (QED) is 0.687. The summed E-state index contributed by atoms with van der Waals surface area (Å²) in [6.45, 7) is 0.408. The SMILES string of the molecule is O=S1(=O)C[C@@H](O)[C@H](NCc2cnccn2)C1. The minimum atomic E-state index is -3.10. The molecule has 1 fully saturated rings. The highest BCUT2D eigenvalue weighted by Crippen LogP contribution is 2.12. The molecule has 1 saturated heterocycles. The van der Waals surface area contributed by atoms with Crippen molar-refractivity contribution in [3.63, 3.8) is 0 Å². The first-order valence-corrected chi connectivity index (χ1v) is 6.76. The van der Waals surface area contributed by atoms with Crippen LogP contribution in [-0.4, -0.2) is 47.1 Å². The Labute approximate surface area is 93.7 Å². The molecule has 2 atom stereocenters. The maximum Gasteiger partial charge on any atom is 0.154 e. The van der Waals surface area contributed by atoms with Crippen LogP contribution in [0.4, 0.5) is 0 Å². The fourth-order valence-corrected chi connectivity index (χ4v) is 3.46. The van der Waals surface area contributed by atoms with Crippen LogP contribution in [0.2, 0.25) is 0 Å². The molecule has 6 nitrogen and oxygen atoms in total. The number of nitrogens with zero attached hydrogens (tertiary/aromatic N) is 2. The van der Waals surface area contributed by atoms with Gasteiger partial charge in [0.2, 0.25) is 0 Å². The summed E-state index contributed by atoms with van der Waals surface area (Å²) in [7, 11) is -3.10. The number of nitrogens with one attached hydrogen (secondary N) is 1. The summed E-state index contributed by atoms with van der Waals surface area (Å²) >= 11 is 0. The minimum Gasteiger partial charge on any atom is -0.390 e. The Kier molecular flexibility index (Phi) is 3.17. The number of hydrogen-bond acceptors (Lipinski definition) is 6. The van der Waals surface area contributed by atoms with Gasteiger partial charge in [-0.3, -0.25) is 9.97 Å². The van der Waals surface area contributed by atoms with E-state index in [1.807, 2.05) is 0 Å². The van der Waals surface area contributed by atoms with Gasteiger partial charge >= 0.3 is 0 Å². The first-order valence-electron chi connectivity index (χ1n) is 4.93. The molecule has 1 aromatic heterocycles. The molecule has 1 aromatic rings. The lowest BCUT2D eigenvalue weighted by Gasteiger charge is -2.13. The zero-order valence-corrected chi connectivity index (χ0v) is 9.39. The Hall–Kier alpha value is -1.05.